The number of pyridine rings is 1. The van der Waals surface area contributed by atoms with Gasteiger partial charge in [0.2, 0.25) is 0 Å². The van der Waals surface area contributed by atoms with Crippen molar-refractivity contribution >= 4 is 48.7 Å². The van der Waals surface area contributed by atoms with Crippen LogP contribution in [0.4, 0.5) is 4.79 Å². The van der Waals surface area contributed by atoms with Gasteiger partial charge in [-0.1, -0.05) is 48.8 Å². The number of rotatable bonds is 10. The number of nitrogens with zero attached hydrogens (tertiary/aromatic N) is 3. The van der Waals surface area contributed by atoms with Gasteiger partial charge in [0.15, 0.2) is 13.0 Å². The Morgan fingerprint density at radius 3 is 2.46 bits per heavy atom. The molecule has 2 aromatic heterocycles. The van der Waals surface area contributed by atoms with E-state index in [0.717, 1.165) is 15.6 Å². The molecule has 10 nitrogen and oxygen atoms in total. The van der Waals surface area contributed by atoms with Gasteiger partial charge in [0.25, 0.3) is 0 Å². The molecule has 2 heterocycles. The van der Waals surface area contributed by atoms with Crippen LogP contribution in [-0.4, -0.2) is 36.8 Å². The van der Waals surface area contributed by atoms with E-state index in [0.29, 0.717) is 21.6 Å². The summed E-state index contributed by atoms with van der Waals surface area (Å²) in [5, 5.41) is 1.76. The predicted octanol–water partition coefficient (Wildman–Crippen LogP) is 5.02. The molecule has 0 fully saturated rings. The van der Waals surface area contributed by atoms with Gasteiger partial charge in [0, 0.05) is 14.9 Å². The molecule has 0 aliphatic carbocycles. The van der Waals surface area contributed by atoms with Crippen molar-refractivity contribution in [2.75, 3.05) is 6.35 Å². The van der Waals surface area contributed by atoms with Gasteiger partial charge in [-0.15, -0.1) is 0 Å². The summed E-state index contributed by atoms with van der Waals surface area (Å²) in [6.45, 7) is 4.10. The normalized spacial score (nSPS) is 11.6. The highest BCUT2D eigenvalue weighted by Gasteiger charge is 2.22. The summed E-state index contributed by atoms with van der Waals surface area (Å²) >= 11 is 13.8. The average molecular weight is 561 g/mol. The minimum atomic E-state index is -4.31. The molecular weight excluding hydrogens is 538 g/mol. The lowest BCUT2D eigenvalue weighted by Crippen LogP contribution is -2.16. The number of aromatic nitrogens is 3. The molecule has 0 radical (unpaired) electrons. The molecule has 3 aromatic rings. The Bertz CT molecular complexity index is 1230. The lowest BCUT2D eigenvalue weighted by Gasteiger charge is -2.14. The molecule has 188 valence electrons. The fraction of sp³-hybridized carbons (Fsp3) is 0.286. The summed E-state index contributed by atoms with van der Waals surface area (Å²) < 4.78 is 23.0. The van der Waals surface area contributed by atoms with Crippen LogP contribution in [0.3, 0.4) is 0 Å². The molecule has 0 saturated carbocycles. The SMILES string of the molecule is CC(C)c1nc(COC(N)=O)n(Cc2ccc(OCP(=O)(O)O)cn2)c1Sc1cc(Cl)cc(Cl)c1. The van der Waals surface area contributed by atoms with Crippen molar-refractivity contribution in [1.29, 1.82) is 0 Å². The molecule has 0 aliphatic rings. The van der Waals surface area contributed by atoms with Gasteiger partial charge in [-0.05, 0) is 36.2 Å². The Labute approximate surface area is 215 Å². The van der Waals surface area contributed by atoms with E-state index < -0.39 is 20.0 Å². The molecular formula is C21H23Cl2N4O6PS. The minimum absolute atomic E-state index is 0.0390. The fourth-order valence-corrected chi connectivity index (χ4v) is 5.24. The molecule has 0 unspecified atom stereocenters. The van der Waals surface area contributed by atoms with E-state index in [1.807, 2.05) is 18.4 Å². The first-order valence-corrected chi connectivity index (χ1v) is 13.6. The van der Waals surface area contributed by atoms with Crippen molar-refractivity contribution in [2.24, 2.45) is 5.73 Å². The van der Waals surface area contributed by atoms with Crippen LogP contribution in [0.2, 0.25) is 10.0 Å². The first-order chi connectivity index (χ1) is 16.4. The second kappa shape index (κ2) is 11.6. The fourth-order valence-electron chi connectivity index (χ4n) is 3.00. The smallest absolute Gasteiger partial charge is 0.404 e. The Kier molecular flexibility index (Phi) is 9.09. The minimum Gasteiger partial charge on any atom is -0.479 e. The maximum absolute atomic E-state index is 11.3. The number of halogens is 2. The van der Waals surface area contributed by atoms with Gasteiger partial charge in [0.05, 0.1) is 24.1 Å². The van der Waals surface area contributed by atoms with E-state index >= 15 is 0 Å². The predicted molar refractivity (Wildman–Crippen MR) is 132 cm³/mol. The highest BCUT2D eigenvalue weighted by Crippen LogP contribution is 2.38. The molecule has 4 N–H and O–H groups in total. The Morgan fingerprint density at radius 1 is 1.23 bits per heavy atom. The number of nitrogens with two attached hydrogens (primary N) is 1. The number of primary amides is 1. The summed E-state index contributed by atoms with van der Waals surface area (Å²) in [5.41, 5.74) is 6.54. The first kappa shape index (κ1) is 27.3. The Morgan fingerprint density at radius 2 is 1.91 bits per heavy atom. The van der Waals surface area contributed by atoms with E-state index in [9.17, 15) is 9.36 Å². The van der Waals surface area contributed by atoms with Crippen molar-refractivity contribution < 1.29 is 28.6 Å². The van der Waals surface area contributed by atoms with Crippen molar-refractivity contribution in [3.63, 3.8) is 0 Å². The van der Waals surface area contributed by atoms with Crippen LogP contribution >= 0.6 is 42.6 Å². The average Bonchev–Trinajstić information content (AvgIpc) is 3.08. The molecule has 0 spiro atoms. The van der Waals surface area contributed by atoms with Crippen LogP contribution in [0.5, 0.6) is 5.75 Å². The lowest BCUT2D eigenvalue weighted by molar-refractivity contribution is 0.145. The molecule has 0 aliphatic heterocycles. The van der Waals surface area contributed by atoms with Crippen LogP contribution < -0.4 is 10.5 Å². The van der Waals surface area contributed by atoms with Gasteiger partial charge < -0.3 is 29.6 Å². The van der Waals surface area contributed by atoms with Gasteiger partial charge in [-0.2, -0.15) is 0 Å². The van der Waals surface area contributed by atoms with Gasteiger partial charge in [-0.25, -0.2) is 9.78 Å². The summed E-state index contributed by atoms with van der Waals surface area (Å²) in [7, 11) is -4.31. The summed E-state index contributed by atoms with van der Waals surface area (Å²) in [6, 6.07) is 8.42. The molecule has 0 saturated heterocycles. The van der Waals surface area contributed by atoms with Gasteiger partial charge in [0.1, 0.15) is 16.6 Å². The van der Waals surface area contributed by atoms with Crippen LogP contribution in [-0.2, 0) is 22.5 Å². The molecule has 0 atom stereocenters. The molecule has 1 aromatic carbocycles. The summed E-state index contributed by atoms with van der Waals surface area (Å²) in [5.74, 6) is 0.718. The van der Waals surface area contributed by atoms with E-state index in [2.05, 4.69) is 4.98 Å². The largest absolute Gasteiger partial charge is 0.479 e. The molecule has 14 heteroatoms. The molecule has 3 rings (SSSR count). The zero-order valence-electron chi connectivity index (χ0n) is 18.7. The third kappa shape index (κ3) is 8.13. The van der Waals surface area contributed by atoms with E-state index in [1.165, 1.54) is 18.0 Å². The first-order valence-electron chi connectivity index (χ1n) is 10.2. The highest BCUT2D eigenvalue weighted by molar-refractivity contribution is 7.99. The number of amides is 1. The number of carbonyl (C=O) groups excluding carboxylic acids is 1. The number of hydrogen-bond donors (Lipinski definition) is 3. The number of ether oxygens (including phenoxy) is 2. The monoisotopic (exact) mass is 560 g/mol. The van der Waals surface area contributed by atoms with Crippen LogP contribution in [0, 0.1) is 0 Å². The number of hydrogen-bond acceptors (Lipinski definition) is 7. The van der Waals surface area contributed by atoms with Crippen molar-refractivity contribution in [1.82, 2.24) is 14.5 Å². The van der Waals surface area contributed by atoms with Crippen LogP contribution in [0.15, 0.2) is 46.5 Å². The summed E-state index contributed by atoms with van der Waals surface area (Å²) in [6.07, 6.45) is -0.301. The van der Waals surface area contributed by atoms with E-state index in [1.54, 1.807) is 30.3 Å². The lowest BCUT2D eigenvalue weighted by atomic mass is 10.1. The molecule has 0 bridgehead atoms. The Balaban J connectivity index is 1.98. The summed E-state index contributed by atoms with van der Waals surface area (Å²) in [4.78, 5) is 39.0. The number of carbonyl (C=O) groups is 1. The molecule has 1 amide bonds. The van der Waals surface area contributed by atoms with Crippen LogP contribution in [0.25, 0.3) is 0 Å². The quantitative estimate of drug-likeness (QED) is 0.290. The van der Waals surface area contributed by atoms with E-state index in [-0.39, 0.29) is 24.8 Å². The topological polar surface area (TPSA) is 150 Å². The zero-order chi connectivity index (χ0) is 25.8. The maximum atomic E-state index is 11.3. The number of imidazole rings is 1. The van der Waals surface area contributed by atoms with Crippen LogP contribution in [0.1, 0.15) is 37.0 Å². The standard InChI is InChI=1S/C21H23Cl2N4O6PS/c1-12(2)19-20(35-17-6-13(22)5-14(23)7-17)27(18(26-19)10-32-21(24)28)9-15-3-4-16(8-25-15)33-11-34(29,30)31/h3-8,12H,9-11H2,1-2H3,(H2,24,28)(H2,29,30,31). The van der Waals surface area contributed by atoms with Crippen molar-refractivity contribution in [3.05, 3.63) is 63.8 Å². The molecule has 35 heavy (non-hydrogen) atoms. The van der Waals surface area contributed by atoms with Gasteiger partial charge >= 0.3 is 13.7 Å². The Hall–Kier alpha value is -2.27. The zero-order valence-corrected chi connectivity index (χ0v) is 21.9. The van der Waals surface area contributed by atoms with Crippen molar-refractivity contribution in [2.45, 2.75) is 42.8 Å². The van der Waals surface area contributed by atoms with Gasteiger partial charge in [-0.3, -0.25) is 9.55 Å². The van der Waals surface area contributed by atoms with Crippen molar-refractivity contribution in [3.8, 4) is 5.75 Å². The number of benzene rings is 1. The second-order valence-electron chi connectivity index (χ2n) is 7.70. The third-order valence-corrected chi connectivity index (χ3v) is 6.48. The highest BCUT2D eigenvalue weighted by atomic mass is 35.5. The maximum Gasteiger partial charge on any atom is 0.404 e. The second-order valence-corrected chi connectivity index (χ2v) is 11.2. The van der Waals surface area contributed by atoms with E-state index in [4.69, 9.17) is 53.2 Å². The third-order valence-electron chi connectivity index (χ3n) is 4.48.